The van der Waals surface area contributed by atoms with Crippen molar-refractivity contribution < 1.29 is 5.11 Å². The molecule has 0 aromatic rings. The number of hydrogen-bond acceptors (Lipinski definition) is 2. The molecule has 1 fully saturated rings. The highest BCUT2D eigenvalue weighted by Crippen LogP contribution is 2.26. The molecule has 1 N–H and O–H groups in total. The largest absolute Gasteiger partial charge is 0.396 e. The van der Waals surface area contributed by atoms with Crippen molar-refractivity contribution in [3.8, 4) is 0 Å². The molecule has 0 aliphatic carbocycles. The highest BCUT2D eigenvalue weighted by molar-refractivity contribution is 4.85. The predicted octanol–water partition coefficient (Wildman–Crippen LogP) is 1.49. The van der Waals surface area contributed by atoms with Crippen molar-refractivity contribution in [2.75, 3.05) is 13.2 Å². The number of aliphatic hydroxyl groups excluding tert-OH is 1. The van der Waals surface area contributed by atoms with Crippen LogP contribution in [0.3, 0.4) is 0 Å². The Bertz CT molecular complexity index is 138. The van der Waals surface area contributed by atoms with Gasteiger partial charge in [0.25, 0.3) is 0 Å². The van der Waals surface area contributed by atoms with Crippen LogP contribution in [-0.4, -0.2) is 35.2 Å². The van der Waals surface area contributed by atoms with E-state index in [0.29, 0.717) is 24.6 Å². The molecular weight excluding hydrogens is 150 g/mol. The molecule has 72 valence electrons. The zero-order valence-corrected chi connectivity index (χ0v) is 8.45. The molecule has 1 aliphatic rings. The summed E-state index contributed by atoms with van der Waals surface area (Å²) < 4.78 is 0. The number of aliphatic hydroxyl groups is 1. The van der Waals surface area contributed by atoms with Crippen LogP contribution in [0.15, 0.2) is 0 Å². The van der Waals surface area contributed by atoms with Crippen LogP contribution in [0, 0.1) is 5.92 Å². The first-order valence-electron chi connectivity index (χ1n) is 5.07. The maximum Gasteiger partial charge on any atom is 0.0474 e. The number of hydrogen-bond donors (Lipinski definition) is 1. The Labute approximate surface area is 75.6 Å². The van der Waals surface area contributed by atoms with E-state index >= 15 is 0 Å². The lowest BCUT2D eigenvalue weighted by molar-refractivity contribution is 0.146. The SMILES string of the molecule is CCC(C)N1CCC(CO)C1C. The lowest BCUT2D eigenvalue weighted by Crippen LogP contribution is -2.37. The fraction of sp³-hybridized carbons (Fsp3) is 1.00. The van der Waals surface area contributed by atoms with Crippen LogP contribution in [0.2, 0.25) is 0 Å². The Kier molecular flexibility index (Phi) is 3.53. The highest BCUT2D eigenvalue weighted by Gasteiger charge is 2.31. The summed E-state index contributed by atoms with van der Waals surface area (Å²) in [6, 6.07) is 1.25. The van der Waals surface area contributed by atoms with Crippen molar-refractivity contribution >= 4 is 0 Å². The first-order valence-corrected chi connectivity index (χ1v) is 5.07. The van der Waals surface area contributed by atoms with Gasteiger partial charge in [0, 0.05) is 18.7 Å². The van der Waals surface area contributed by atoms with Crippen LogP contribution in [0.5, 0.6) is 0 Å². The first-order chi connectivity index (χ1) is 5.70. The molecule has 1 saturated heterocycles. The molecule has 0 spiro atoms. The molecule has 2 heteroatoms. The van der Waals surface area contributed by atoms with Crippen molar-refractivity contribution in [1.29, 1.82) is 0 Å². The summed E-state index contributed by atoms with van der Waals surface area (Å²) in [6.07, 6.45) is 2.38. The first kappa shape index (κ1) is 10.0. The van der Waals surface area contributed by atoms with Crippen molar-refractivity contribution in [3.05, 3.63) is 0 Å². The quantitative estimate of drug-likeness (QED) is 0.695. The predicted molar refractivity (Wildman–Crippen MR) is 51.1 cm³/mol. The van der Waals surface area contributed by atoms with Gasteiger partial charge in [-0.3, -0.25) is 4.90 Å². The zero-order chi connectivity index (χ0) is 9.14. The van der Waals surface area contributed by atoms with Crippen molar-refractivity contribution in [1.82, 2.24) is 4.90 Å². The maximum absolute atomic E-state index is 9.08. The van der Waals surface area contributed by atoms with Gasteiger partial charge in [-0.25, -0.2) is 0 Å². The molecule has 1 rings (SSSR count). The third kappa shape index (κ3) is 1.80. The van der Waals surface area contributed by atoms with Crippen LogP contribution >= 0.6 is 0 Å². The molecule has 1 aliphatic heterocycles. The summed E-state index contributed by atoms with van der Waals surface area (Å²) in [5, 5.41) is 9.08. The summed E-state index contributed by atoms with van der Waals surface area (Å²) >= 11 is 0. The number of likely N-dealkylation sites (tertiary alicyclic amines) is 1. The van der Waals surface area contributed by atoms with Crippen LogP contribution in [0.4, 0.5) is 0 Å². The Hall–Kier alpha value is -0.0800. The standard InChI is InChI=1S/C10H21NO/c1-4-8(2)11-6-5-10(7-12)9(11)3/h8-10,12H,4-7H2,1-3H3. The van der Waals surface area contributed by atoms with E-state index in [9.17, 15) is 0 Å². The minimum atomic E-state index is 0.355. The monoisotopic (exact) mass is 171 g/mol. The van der Waals surface area contributed by atoms with Gasteiger partial charge in [-0.15, -0.1) is 0 Å². The van der Waals surface area contributed by atoms with Crippen molar-refractivity contribution in [3.63, 3.8) is 0 Å². The van der Waals surface area contributed by atoms with Gasteiger partial charge in [0.05, 0.1) is 0 Å². The van der Waals surface area contributed by atoms with Gasteiger partial charge in [-0.1, -0.05) is 6.92 Å². The van der Waals surface area contributed by atoms with E-state index in [0.717, 1.165) is 0 Å². The molecule has 1 heterocycles. The molecule has 0 bridgehead atoms. The van der Waals surface area contributed by atoms with Crippen LogP contribution in [0.25, 0.3) is 0 Å². The minimum absolute atomic E-state index is 0.355. The van der Waals surface area contributed by atoms with Gasteiger partial charge >= 0.3 is 0 Å². The van der Waals surface area contributed by atoms with Gasteiger partial charge in [0.15, 0.2) is 0 Å². The molecule has 2 nitrogen and oxygen atoms in total. The van der Waals surface area contributed by atoms with E-state index in [1.807, 2.05) is 0 Å². The Morgan fingerprint density at radius 2 is 2.25 bits per heavy atom. The van der Waals surface area contributed by atoms with Gasteiger partial charge in [-0.05, 0) is 39.2 Å². The third-order valence-electron chi connectivity index (χ3n) is 3.35. The molecule has 0 aromatic heterocycles. The van der Waals surface area contributed by atoms with E-state index in [1.165, 1.54) is 19.4 Å². The second-order valence-corrected chi connectivity index (χ2v) is 3.97. The van der Waals surface area contributed by atoms with Crippen LogP contribution in [-0.2, 0) is 0 Å². The second kappa shape index (κ2) is 4.24. The average molecular weight is 171 g/mol. The molecule has 0 aromatic carbocycles. The molecular formula is C10H21NO. The maximum atomic E-state index is 9.08. The van der Waals surface area contributed by atoms with Gasteiger partial charge in [0.1, 0.15) is 0 Å². The Balaban J connectivity index is 2.48. The van der Waals surface area contributed by atoms with Gasteiger partial charge < -0.3 is 5.11 Å². The van der Waals surface area contributed by atoms with E-state index in [1.54, 1.807) is 0 Å². The second-order valence-electron chi connectivity index (χ2n) is 3.97. The summed E-state index contributed by atoms with van der Waals surface area (Å²) in [6.45, 7) is 8.26. The smallest absolute Gasteiger partial charge is 0.0474 e. The highest BCUT2D eigenvalue weighted by atomic mass is 16.3. The fourth-order valence-corrected chi connectivity index (χ4v) is 2.13. The molecule has 3 unspecified atom stereocenters. The van der Waals surface area contributed by atoms with Crippen LogP contribution in [0.1, 0.15) is 33.6 Å². The average Bonchev–Trinajstić information content (AvgIpc) is 2.45. The summed E-state index contributed by atoms with van der Waals surface area (Å²) in [4.78, 5) is 2.51. The summed E-state index contributed by atoms with van der Waals surface area (Å²) in [7, 11) is 0. The normalized spacial score (nSPS) is 34.0. The fourth-order valence-electron chi connectivity index (χ4n) is 2.13. The lowest BCUT2D eigenvalue weighted by atomic mass is 10.0. The number of rotatable bonds is 3. The van der Waals surface area contributed by atoms with E-state index < -0.39 is 0 Å². The molecule has 3 atom stereocenters. The minimum Gasteiger partial charge on any atom is -0.396 e. The summed E-state index contributed by atoms with van der Waals surface area (Å²) in [5.74, 6) is 0.513. The van der Waals surface area contributed by atoms with Crippen LogP contribution < -0.4 is 0 Å². The topological polar surface area (TPSA) is 23.5 Å². The molecule has 0 amide bonds. The third-order valence-corrected chi connectivity index (χ3v) is 3.35. The zero-order valence-electron chi connectivity index (χ0n) is 8.45. The molecule has 0 saturated carbocycles. The van der Waals surface area contributed by atoms with E-state index in [-0.39, 0.29) is 0 Å². The molecule has 0 radical (unpaired) electrons. The Morgan fingerprint density at radius 1 is 1.58 bits per heavy atom. The Morgan fingerprint density at radius 3 is 2.67 bits per heavy atom. The van der Waals surface area contributed by atoms with Gasteiger partial charge in [0.2, 0.25) is 0 Å². The summed E-state index contributed by atoms with van der Waals surface area (Å²) in [5.41, 5.74) is 0. The van der Waals surface area contributed by atoms with Crippen molar-refractivity contribution in [2.45, 2.75) is 45.7 Å². The van der Waals surface area contributed by atoms with Crippen molar-refractivity contribution in [2.24, 2.45) is 5.92 Å². The van der Waals surface area contributed by atoms with E-state index in [2.05, 4.69) is 25.7 Å². The number of nitrogens with zero attached hydrogens (tertiary/aromatic N) is 1. The lowest BCUT2D eigenvalue weighted by Gasteiger charge is -2.29. The van der Waals surface area contributed by atoms with Gasteiger partial charge in [-0.2, -0.15) is 0 Å². The molecule has 12 heavy (non-hydrogen) atoms. The van der Waals surface area contributed by atoms with E-state index in [4.69, 9.17) is 5.11 Å².